The summed E-state index contributed by atoms with van der Waals surface area (Å²) in [4.78, 5) is 40.9. The van der Waals surface area contributed by atoms with E-state index in [1.54, 1.807) is 24.7 Å². The third kappa shape index (κ3) is 6.89. The van der Waals surface area contributed by atoms with Crippen LogP contribution in [0.4, 0.5) is 40.3 Å². The molecule has 2 aliphatic carbocycles. The van der Waals surface area contributed by atoms with Gasteiger partial charge < -0.3 is 41.2 Å². The molecule has 0 spiro atoms. The van der Waals surface area contributed by atoms with Crippen LogP contribution in [-0.2, 0) is 20.4 Å². The van der Waals surface area contributed by atoms with E-state index in [0.29, 0.717) is 46.5 Å². The van der Waals surface area contributed by atoms with Crippen molar-refractivity contribution >= 4 is 85.9 Å². The van der Waals surface area contributed by atoms with E-state index in [2.05, 4.69) is 46.5 Å². The van der Waals surface area contributed by atoms with E-state index in [1.807, 2.05) is 64.1 Å². The molecule has 14 nitrogen and oxygen atoms in total. The van der Waals surface area contributed by atoms with Crippen LogP contribution in [0.25, 0.3) is 22.2 Å². The Balaban J connectivity index is 0.000000125. The van der Waals surface area contributed by atoms with Crippen molar-refractivity contribution in [2.75, 3.05) is 32.3 Å². The summed E-state index contributed by atoms with van der Waals surface area (Å²) in [7, 11) is 0. The second kappa shape index (κ2) is 13.0. The monoisotopic (exact) mass is 734 g/mol. The lowest BCUT2D eigenvalue weighted by molar-refractivity contribution is -0.120. The molecule has 2 aliphatic heterocycles. The second-order valence-corrected chi connectivity index (χ2v) is 15.0. The van der Waals surface area contributed by atoms with Crippen LogP contribution in [0.15, 0.2) is 69.9 Å². The molecule has 0 radical (unpaired) electrons. The smallest absolute Gasteiger partial charge is 0.234 e. The van der Waals surface area contributed by atoms with Gasteiger partial charge in [-0.2, -0.15) is 9.97 Å². The maximum absolute atomic E-state index is 12.1. The highest BCUT2D eigenvalue weighted by molar-refractivity contribution is 6.28. The van der Waals surface area contributed by atoms with E-state index in [1.165, 1.54) is 12.8 Å². The fraction of sp³-hybridized carbons (Fsp3) is 0.316. The Labute approximate surface area is 309 Å². The summed E-state index contributed by atoms with van der Waals surface area (Å²) in [6.07, 6.45) is 7.88. The highest BCUT2D eigenvalue weighted by atomic mass is 35.5. The van der Waals surface area contributed by atoms with E-state index in [9.17, 15) is 9.59 Å². The van der Waals surface area contributed by atoms with E-state index < -0.39 is 10.8 Å². The van der Waals surface area contributed by atoms with Gasteiger partial charge in [-0.3, -0.25) is 9.59 Å². The number of amides is 2. The molecule has 0 unspecified atom stereocenters. The second-order valence-electron chi connectivity index (χ2n) is 14.7. The van der Waals surface area contributed by atoms with Gasteiger partial charge in [0.15, 0.2) is 22.8 Å². The van der Waals surface area contributed by atoms with Gasteiger partial charge in [0.25, 0.3) is 0 Å². The Morgan fingerprint density at radius 1 is 0.717 bits per heavy atom. The molecule has 0 atom stereocenters. The van der Waals surface area contributed by atoms with Crippen molar-refractivity contribution < 1.29 is 18.4 Å². The number of halogens is 1. The molecule has 6 aromatic rings. The normalized spacial score (nSPS) is 17.5. The van der Waals surface area contributed by atoms with E-state index in [0.717, 1.165) is 52.1 Å². The number of rotatable bonds is 6. The average Bonchev–Trinajstić information content (AvgIpc) is 3.96. The minimum atomic E-state index is -0.512. The molecule has 0 saturated heterocycles. The maximum atomic E-state index is 12.1. The fourth-order valence-electron chi connectivity index (χ4n) is 6.20. The Hall–Kier alpha value is -5.89. The van der Waals surface area contributed by atoms with Gasteiger partial charge >= 0.3 is 0 Å². The quantitative estimate of drug-likeness (QED) is 0.0720. The lowest BCUT2D eigenvalue weighted by atomic mass is 9.86. The molecule has 10 rings (SSSR count). The number of anilines is 7. The summed E-state index contributed by atoms with van der Waals surface area (Å²) < 4.78 is 10.8. The summed E-state index contributed by atoms with van der Waals surface area (Å²) in [5.74, 6) is 1.95. The molecular weight excluding hydrogens is 696 g/mol. The zero-order valence-electron chi connectivity index (χ0n) is 29.6. The van der Waals surface area contributed by atoms with Gasteiger partial charge in [-0.1, -0.05) is 12.1 Å². The van der Waals surface area contributed by atoms with Crippen LogP contribution < -0.4 is 32.3 Å². The molecule has 53 heavy (non-hydrogen) atoms. The van der Waals surface area contributed by atoms with Gasteiger partial charge in [0.1, 0.15) is 11.0 Å². The van der Waals surface area contributed by atoms with Crippen LogP contribution in [0, 0.1) is 0 Å². The molecule has 7 N–H and O–H groups in total. The molecule has 272 valence electrons. The predicted molar refractivity (Wildman–Crippen MR) is 206 cm³/mol. The van der Waals surface area contributed by atoms with Crippen LogP contribution in [0.3, 0.4) is 0 Å². The summed E-state index contributed by atoms with van der Waals surface area (Å²) >= 11 is 5.78. The molecule has 15 heteroatoms. The molecule has 2 amide bonds. The van der Waals surface area contributed by atoms with E-state index in [-0.39, 0.29) is 17.1 Å². The molecule has 2 saturated carbocycles. The van der Waals surface area contributed by atoms with E-state index in [4.69, 9.17) is 26.2 Å². The van der Waals surface area contributed by atoms with Crippen molar-refractivity contribution in [1.82, 2.24) is 19.9 Å². The first-order chi connectivity index (χ1) is 25.3. The molecule has 4 aromatic heterocycles. The number of hydrogen-bond acceptors (Lipinski definition) is 12. The average molecular weight is 735 g/mol. The summed E-state index contributed by atoms with van der Waals surface area (Å²) in [5.41, 5.74) is 12.7. The van der Waals surface area contributed by atoms with Crippen LogP contribution in [-0.4, -0.2) is 43.8 Å². The van der Waals surface area contributed by atoms with Crippen LogP contribution in [0.1, 0.15) is 64.5 Å². The number of nitrogen functional groups attached to an aromatic ring is 1. The lowest BCUT2D eigenvalue weighted by Gasteiger charge is -2.15. The minimum absolute atomic E-state index is 0.0108. The van der Waals surface area contributed by atoms with Crippen molar-refractivity contribution in [2.24, 2.45) is 0 Å². The SMILES string of the molecule is CC1(C)C(=O)Nc2cc(N)ccc21.CC1(C)C(=O)Nc2cc(Nc3nc(NC4CC4)c4occc4n3)ccc21.Clc1nc(NC2CC2)c2occc2n1. The van der Waals surface area contributed by atoms with Gasteiger partial charge in [0, 0.05) is 47.0 Å². The number of benzene rings is 2. The third-order valence-electron chi connectivity index (χ3n) is 9.71. The molecule has 6 heterocycles. The first-order valence-electron chi connectivity index (χ1n) is 17.5. The summed E-state index contributed by atoms with van der Waals surface area (Å²) in [5, 5.41) is 15.9. The fourth-order valence-corrected chi connectivity index (χ4v) is 6.38. The molecule has 4 aliphatic rings. The highest BCUT2D eigenvalue weighted by Gasteiger charge is 2.39. The molecule has 2 aromatic carbocycles. The highest BCUT2D eigenvalue weighted by Crippen LogP contribution is 2.40. The number of carbonyl (C=O) groups excluding carboxylic acids is 2. The predicted octanol–water partition coefficient (Wildman–Crippen LogP) is 7.72. The van der Waals surface area contributed by atoms with E-state index >= 15 is 0 Å². The zero-order valence-corrected chi connectivity index (χ0v) is 30.4. The van der Waals surface area contributed by atoms with Crippen molar-refractivity contribution in [3.05, 3.63) is 77.5 Å². The largest absolute Gasteiger partial charge is 0.459 e. The standard InChI is InChI=1S/C19H19N5O2.C10H12N2O.C9H8ClN3O/c1-19(2)12-6-5-11(9-14(12)22-17(19)25)21-18-23-13-7-8-26-15(13)16(24-18)20-10-3-4-10;1-10(2)7-4-3-6(11)5-8(7)12-9(10)13;10-9-12-6-3-4-14-7(6)8(13-9)11-5-1-2-5/h5-10H,3-4H2,1-2H3,(H,22,25)(H2,20,21,23,24);3-5H,11H2,1-2H3,(H,12,13);3-5H,1-2H2,(H,11,12,13). The van der Waals surface area contributed by atoms with Crippen LogP contribution in [0.2, 0.25) is 5.28 Å². The number of carbonyl (C=O) groups is 2. The van der Waals surface area contributed by atoms with Gasteiger partial charge in [0.2, 0.25) is 23.0 Å². The van der Waals surface area contributed by atoms with Gasteiger partial charge in [-0.05, 0) is 100 Å². The summed E-state index contributed by atoms with van der Waals surface area (Å²) in [6.45, 7) is 7.66. The Bertz CT molecular complexity index is 2400. The Morgan fingerprint density at radius 2 is 1.25 bits per heavy atom. The summed E-state index contributed by atoms with van der Waals surface area (Å²) in [6, 6.07) is 15.9. The van der Waals surface area contributed by atoms with Crippen LogP contribution in [0.5, 0.6) is 0 Å². The van der Waals surface area contributed by atoms with Gasteiger partial charge in [0.05, 0.1) is 23.4 Å². The zero-order chi connectivity index (χ0) is 37.1. The number of aromatic nitrogens is 4. The number of nitrogens with zero attached hydrogens (tertiary/aromatic N) is 4. The third-order valence-corrected chi connectivity index (χ3v) is 9.88. The van der Waals surface area contributed by atoms with Gasteiger partial charge in [-0.25, -0.2) is 9.97 Å². The lowest BCUT2D eigenvalue weighted by Crippen LogP contribution is -2.26. The minimum Gasteiger partial charge on any atom is -0.459 e. The Morgan fingerprint density at radius 3 is 1.83 bits per heavy atom. The number of fused-ring (bicyclic) bond motifs is 4. The number of nitrogens with two attached hydrogens (primary N) is 1. The first-order valence-corrected chi connectivity index (χ1v) is 17.9. The molecule has 0 bridgehead atoms. The Kier molecular flexibility index (Phi) is 8.36. The first kappa shape index (κ1) is 34.2. The van der Waals surface area contributed by atoms with Crippen molar-refractivity contribution in [1.29, 1.82) is 0 Å². The maximum Gasteiger partial charge on any atom is 0.234 e. The number of hydrogen-bond donors (Lipinski definition) is 6. The van der Waals surface area contributed by atoms with Crippen molar-refractivity contribution in [3.8, 4) is 0 Å². The van der Waals surface area contributed by atoms with Gasteiger partial charge in [-0.15, -0.1) is 0 Å². The number of furan rings is 2. The molecular formula is C38H39ClN10O4. The topological polar surface area (TPSA) is 198 Å². The van der Waals surface area contributed by atoms with Crippen molar-refractivity contribution in [3.63, 3.8) is 0 Å². The number of nitrogens with one attached hydrogen (secondary N) is 5. The van der Waals surface area contributed by atoms with Crippen molar-refractivity contribution in [2.45, 2.75) is 76.3 Å². The van der Waals surface area contributed by atoms with Crippen LogP contribution >= 0.6 is 11.6 Å². The molecule has 2 fully saturated rings.